The second kappa shape index (κ2) is 11.2. The molecule has 0 aromatic heterocycles. The second-order valence-electron chi connectivity index (χ2n) is 9.06. The van der Waals surface area contributed by atoms with Crippen molar-refractivity contribution in [3.8, 4) is 5.75 Å². The third-order valence-electron chi connectivity index (χ3n) is 6.91. The number of aromatic hydroxyl groups is 1. The molecule has 3 rings (SSSR count). The summed E-state index contributed by atoms with van der Waals surface area (Å²) in [6, 6.07) is 5.88. The Morgan fingerprint density at radius 3 is 2.52 bits per heavy atom. The lowest BCUT2D eigenvalue weighted by atomic mass is 9.79. The van der Waals surface area contributed by atoms with Gasteiger partial charge in [-0.05, 0) is 70.6 Å². The van der Waals surface area contributed by atoms with Gasteiger partial charge in [0.05, 0.1) is 30.7 Å². The highest BCUT2D eigenvalue weighted by atomic mass is 16.6. The Balaban J connectivity index is 1.50. The van der Waals surface area contributed by atoms with Crippen LogP contribution in [0, 0.1) is 0 Å². The van der Waals surface area contributed by atoms with E-state index in [9.17, 15) is 5.11 Å². The van der Waals surface area contributed by atoms with Crippen LogP contribution in [0.5, 0.6) is 5.75 Å². The highest BCUT2D eigenvalue weighted by Gasteiger charge is 2.38. The summed E-state index contributed by atoms with van der Waals surface area (Å²) in [7, 11) is 3.26. The summed E-state index contributed by atoms with van der Waals surface area (Å²) >= 11 is 0. The van der Waals surface area contributed by atoms with Crippen molar-refractivity contribution in [2.24, 2.45) is 5.16 Å². The highest BCUT2D eigenvalue weighted by Crippen LogP contribution is 2.37. The van der Waals surface area contributed by atoms with Crippen LogP contribution in [0.4, 0.5) is 5.69 Å². The number of nitrogens with zero attached hydrogens (tertiary/aromatic N) is 2. The van der Waals surface area contributed by atoms with Crippen molar-refractivity contribution < 1.29 is 19.4 Å². The lowest BCUT2D eigenvalue weighted by Crippen LogP contribution is -2.53. The Kier molecular flexibility index (Phi) is 8.58. The SMILES string of the molecule is COCCOC1CCC(C)(N2CCC(Nc3cc(C(C)=NOC)ccc3O)CC2)CC1. The molecule has 1 saturated heterocycles. The van der Waals surface area contributed by atoms with Gasteiger partial charge in [-0.15, -0.1) is 0 Å². The Hall–Kier alpha value is -1.83. The van der Waals surface area contributed by atoms with Gasteiger partial charge < -0.3 is 24.7 Å². The molecule has 2 N–H and O–H groups in total. The predicted octanol–water partition coefficient (Wildman–Crippen LogP) is 4.00. The smallest absolute Gasteiger partial charge is 0.138 e. The standard InChI is InChI=1S/C24H39N3O4/c1-18(26-30-4)19-5-6-23(28)22(17-19)25-20-9-13-27(14-10-20)24(2)11-7-21(8-12-24)31-16-15-29-3/h5-6,17,20-21,25,28H,7-16H2,1-4H3. The first-order valence-electron chi connectivity index (χ1n) is 11.5. The van der Waals surface area contributed by atoms with Crippen LogP contribution in [0.15, 0.2) is 23.4 Å². The average molecular weight is 434 g/mol. The zero-order valence-corrected chi connectivity index (χ0v) is 19.5. The van der Waals surface area contributed by atoms with Crippen molar-refractivity contribution >= 4 is 11.4 Å². The number of oxime groups is 1. The van der Waals surface area contributed by atoms with Gasteiger partial charge in [0.1, 0.15) is 12.9 Å². The number of likely N-dealkylation sites (tertiary alicyclic amines) is 1. The second-order valence-corrected chi connectivity index (χ2v) is 9.06. The van der Waals surface area contributed by atoms with Crippen molar-refractivity contribution in [1.82, 2.24) is 4.90 Å². The number of benzene rings is 1. The van der Waals surface area contributed by atoms with Gasteiger partial charge in [0.15, 0.2) is 0 Å². The molecule has 0 unspecified atom stereocenters. The first-order chi connectivity index (χ1) is 14.9. The zero-order chi connectivity index (χ0) is 22.3. The molecule has 0 radical (unpaired) electrons. The van der Waals surface area contributed by atoms with E-state index in [1.807, 2.05) is 19.1 Å². The summed E-state index contributed by atoms with van der Waals surface area (Å²) in [4.78, 5) is 7.54. The Morgan fingerprint density at radius 2 is 1.87 bits per heavy atom. The van der Waals surface area contributed by atoms with Gasteiger partial charge in [-0.1, -0.05) is 5.16 Å². The van der Waals surface area contributed by atoms with E-state index >= 15 is 0 Å². The number of rotatable bonds is 9. The molecule has 7 heteroatoms. The fourth-order valence-electron chi connectivity index (χ4n) is 4.84. The summed E-state index contributed by atoms with van der Waals surface area (Å²) in [5.41, 5.74) is 2.76. The van der Waals surface area contributed by atoms with Crippen molar-refractivity contribution in [1.29, 1.82) is 0 Å². The first-order valence-corrected chi connectivity index (χ1v) is 11.5. The minimum atomic E-state index is 0.266. The van der Waals surface area contributed by atoms with E-state index in [0.29, 0.717) is 25.4 Å². The highest BCUT2D eigenvalue weighted by molar-refractivity contribution is 5.99. The fraction of sp³-hybridized carbons (Fsp3) is 0.708. The summed E-state index contributed by atoms with van der Waals surface area (Å²) in [6.45, 7) is 7.84. The van der Waals surface area contributed by atoms with E-state index in [1.54, 1.807) is 13.2 Å². The first kappa shape index (κ1) is 23.8. The largest absolute Gasteiger partial charge is 0.506 e. The van der Waals surface area contributed by atoms with E-state index in [1.165, 1.54) is 20.0 Å². The molecule has 1 aromatic carbocycles. The molecule has 0 atom stereocenters. The normalized spacial score (nSPS) is 26.1. The summed E-state index contributed by atoms with van der Waals surface area (Å²) in [6.07, 6.45) is 7.13. The molecule has 1 saturated carbocycles. The number of nitrogens with one attached hydrogen (secondary N) is 1. The fourth-order valence-corrected chi connectivity index (χ4v) is 4.84. The number of methoxy groups -OCH3 is 1. The molecule has 0 spiro atoms. The molecule has 0 amide bonds. The number of ether oxygens (including phenoxy) is 2. The maximum absolute atomic E-state index is 10.3. The van der Waals surface area contributed by atoms with Crippen molar-refractivity contribution in [2.45, 2.75) is 70.1 Å². The van der Waals surface area contributed by atoms with E-state index in [2.05, 4.69) is 22.3 Å². The number of anilines is 1. The van der Waals surface area contributed by atoms with Crippen LogP contribution in [0.25, 0.3) is 0 Å². The Labute approximate surface area is 186 Å². The topological polar surface area (TPSA) is 75.6 Å². The van der Waals surface area contributed by atoms with Crippen LogP contribution < -0.4 is 5.32 Å². The van der Waals surface area contributed by atoms with E-state index in [4.69, 9.17) is 14.3 Å². The third kappa shape index (κ3) is 6.34. The Morgan fingerprint density at radius 1 is 1.16 bits per heavy atom. The lowest BCUT2D eigenvalue weighted by molar-refractivity contribution is -0.0398. The minimum absolute atomic E-state index is 0.266. The quantitative estimate of drug-likeness (QED) is 0.265. The monoisotopic (exact) mass is 433 g/mol. The number of phenolic OH excluding ortho intramolecular Hbond substituents is 1. The zero-order valence-electron chi connectivity index (χ0n) is 19.5. The summed E-state index contributed by atoms with van der Waals surface area (Å²) in [5, 5.41) is 17.9. The van der Waals surface area contributed by atoms with Gasteiger partial charge in [0, 0.05) is 37.3 Å². The van der Waals surface area contributed by atoms with Gasteiger partial charge in [0.2, 0.25) is 0 Å². The number of hydrogen-bond donors (Lipinski definition) is 2. The average Bonchev–Trinajstić information content (AvgIpc) is 2.77. The molecule has 1 aliphatic heterocycles. The minimum Gasteiger partial charge on any atom is -0.506 e. The molecule has 1 aliphatic carbocycles. The van der Waals surface area contributed by atoms with Crippen molar-refractivity contribution in [3.05, 3.63) is 23.8 Å². The molecule has 0 bridgehead atoms. The van der Waals surface area contributed by atoms with E-state index < -0.39 is 0 Å². The molecular formula is C24H39N3O4. The lowest BCUT2D eigenvalue weighted by Gasteiger charge is -2.48. The van der Waals surface area contributed by atoms with Gasteiger partial charge >= 0.3 is 0 Å². The number of piperidine rings is 1. The van der Waals surface area contributed by atoms with Crippen LogP contribution in [-0.2, 0) is 14.3 Å². The van der Waals surface area contributed by atoms with Gasteiger partial charge in [-0.2, -0.15) is 0 Å². The van der Waals surface area contributed by atoms with Crippen molar-refractivity contribution in [3.63, 3.8) is 0 Å². The predicted molar refractivity (Wildman–Crippen MR) is 124 cm³/mol. The van der Waals surface area contributed by atoms with Gasteiger partial charge in [-0.25, -0.2) is 0 Å². The van der Waals surface area contributed by atoms with Gasteiger partial charge in [-0.3, -0.25) is 4.90 Å². The molecule has 1 heterocycles. The van der Waals surface area contributed by atoms with Crippen LogP contribution in [0.2, 0.25) is 0 Å². The maximum Gasteiger partial charge on any atom is 0.138 e. The maximum atomic E-state index is 10.3. The molecular weight excluding hydrogens is 394 g/mol. The number of phenols is 1. The van der Waals surface area contributed by atoms with Crippen LogP contribution in [0.3, 0.4) is 0 Å². The van der Waals surface area contributed by atoms with Crippen LogP contribution >= 0.6 is 0 Å². The van der Waals surface area contributed by atoms with Crippen molar-refractivity contribution in [2.75, 3.05) is 45.8 Å². The molecule has 31 heavy (non-hydrogen) atoms. The van der Waals surface area contributed by atoms with Crippen LogP contribution in [-0.4, -0.2) is 73.9 Å². The van der Waals surface area contributed by atoms with Gasteiger partial charge in [0.25, 0.3) is 0 Å². The van der Waals surface area contributed by atoms with E-state index in [0.717, 1.165) is 55.7 Å². The molecule has 2 aliphatic rings. The number of hydrogen-bond acceptors (Lipinski definition) is 7. The summed E-state index contributed by atoms with van der Waals surface area (Å²) in [5.74, 6) is 0.273. The molecule has 174 valence electrons. The van der Waals surface area contributed by atoms with Crippen LogP contribution in [0.1, 0.15) is 57.9 Å². The molecule has 1 aromatic rings. The molecule has 7 nitrogen and oxygen atoms in total. The van der Waals surface area contributed by atoms with E-state index in [-0.39, 0.29) is 11.3 Å². The molecule has 2 fully saturated rings. The Bertz CT molecular complexity index is 724. The summed E-state index contributed by atoms with van der Waals surface area (Å²) < 4.78 is 11.0. The third-order valence-corrected chi connectivity index (χ3v) is 6.91.